The van der Waals surface area contributed by atoms with Crippen molar-refractivity contribution in [3.63, 3.8) is 0 Å². The van der Waals surface area contributed by atoms with Crippen LogP contribution in [0.25, 0.3) is 5.52 Å². The van der Waals surface area contributed by atoms with Crippen LogP contribution >= 0.6 is 0 Å². The van der Waals surface area contributed by atoms with E-state index < -0.39 is 0 Å². The van der Waals surface area contributed by atoms with Crippen LogP contribution in [0.4, 0.5) is 0 Å². The molecule has 0 saturated heterocycles. The Labute approximate surface area is 110 Å². The number of nitrogens with zero attached hydrogens (tertiary/aromatic N) is 2. The van der Waals surface area contributed by atoms with E-state index >= 15 is 0 Å². The lowest BCUT2D eigenvalue weighted by Gasteiger charge is -2.09. The fourth-order valence-electron chi connectivity index (χ4n) is 2.33. The first-order valence-corrected chi connectivity index (χ1v) is 6.94. The zero-order chi connectivity index (χ0) is 13.4. The molecule has 2 nitrogen and oxygen atoms in total. The van der Waals surface area contributed by atoms with Gasteiger partial charge in [-0.05, 0) is 41.5 Å². The third-order valence-corrected chi connectivity index (χ3v) is 3.50. The van der Waals surface area contributed by atoms with Crippen LogP contribution in [0.1, 0.15) is 76.2 Å². The molecule has 98 valence electrons. The molecular weight excluding hydrogens is 220 g/mol. The van der Waals surface area contributed by atoms with Crippen molar-refractivity contribution in [3.8, 4) is 0 Å². The molecule has 2 heteroatoms. The predicted molar refractivity (Wildman–Crippen MR) is 77.5 cm³/mol. The second-order valence-corrected chi connectivity index (χ2v) is 6.04. The van der Waals surface area contributed by atoms with E-state index in [-0.39, 0.29) is 0 Å². The maximum atomic E-state index is 4.82. The summed E-state index contributed by atoms with van der Waals surface area (Å²) in [5, 5.41) is 4.82. The Bertz CT molecular complexity index is 547. The quantitative estimate of drug-likeness (QED) is 0.764. The van der Waals surface area contributed by atoms with Gasteiger partial charge in [-0.15, -0.1) is 0 Å². The molecule has 0 unspecified atom stereocenters. The molecule has 2 aromatic heterocycles. The van der Waals surface area contributed by atoms with Gasteiger partial charge in [0.1, 0.15) is 0 Å². The number of aromatic nitrogens is 2. The van der Waals surface area contributed by atoms with E-state index in [0.29, 0.717) is 17.8 Å². The van der Waals surface area contributed by atoms with E-state index in [1.54, 1.807) is 0 Å². The molecule has 0 amide bonds. The SMILES string of the molecule is CC(C)c1ccc2c(C(C)C)cc(C(C)C)n2n1. The summed E-state index contributed by atoms with van der Waals surface area (Å²) in [7, 11) is 0. The van der Waals surface area contributed by atoms with E-state index in [1.807, 2.05) is 0 Å². The van der Waals surface area contributed by atoms with Crippen LogP contribution in [0.2, 0.25) is 0 Å². The molecule has 0 fully saturated rings. The van der Waals surface area contributed by atoms with Crippen LogP contribution in [-0.4, -0.2) is 9.61 Å². The summed E-state index contributed by atoms with van der Waals surface area (Å²) in [6.07, 6.45) is 0. The van der Waals surface area contributed by atoms with E-state index in [2.05, 4.69) is 64.3 Å². The van der Waals surface area contributed by atoms with Gasteiger partial charge in [0, 0.05) is 5.69 Å². The molecule has 2 aromatic rings. The van der Waals surface area contributed by atoms with Gasteiger partial charge < -0.3 is 0 Å². The normalized spacial score (nSPS) is 12.3. The Morgan fingerprint density at radius 3 is 2.06 bits per heavy atom. The van der Waals surface area contributed by atoms with E-state index in [1.165, 1.54) is 16.8 Å². The maximum absolute atomic E-state index is 4.82. The number of fused-ring (bicyclic) bond motifs is 1. The third kappa shape index (κ3) is 2.16. The van der Waals surface area contributed by atoms with E-state index in [4.69, 9.17) is 5.10 Å². The molecule has 2 rings (SSSR count). The average Bonchev–Trinajstić information content (AvgIpc) is 2.67. The molecule has 0 aliphatic heterocycles. The Morgan fingerprint density at radius 1 is 0.889 bits per heavy atom. The van der Waals surface area contributed by atoms with Crippen molar-refractivity contribution in [2.24, 2.45) is 0 Å². The van der Waals surface area contributed by atoms with Crippen LogP contribution < -0.4 is 0 Å². The molecule has 18 heavy (non-hydrogen) atoms. The minimum Gasteiger partial charge on any atom is -0.237 e. The van der Waals surface area contributed by atoms with Gasteiger partial charge in [-0.2, -0.15) is 5.10 Å². The fraction of sp³-hybridized carbons (Fsp3) is 0.562. The molecule has 2 heterocycles. The summed E-state index contributed by atoms with van der Waals surface area (Å²) in [6, 6.07) is 6.71. The molecule has 0 aliphatic rings. The number of hydrogen-bond donors (Lipinski definition) is 0. The Kier molecular flexibility index (Phi) is 3.47. The standard InChI is InChI=1S/C16H24N2/c1-10(2)13-9-16(12(5)6)18-15(13)8-7-14(17-18)11(3)4/h7-12H,1-6H3. The molecule has 0 radical (unpaired) electrons. The molecule has 0 saturated carbocycles. The highest BCUT2D eigenvalue weighted by Crippen LogP contribution is 2.28. The van der Waals surface area contributed by atoms with Crippen LogP contribution in [0.5, 0.6) is 0 Å². The molecule has 0 spiro atoms. The molecular formula is C16H24N2. The van der Waals surface area contributed by atoms with Crippen molar-refractivity contribution in [2.45, 2.75) is 59.3 Å². The Balaban J connectivity index is 2.71. The Morgan fingerprint density at radius 2 is 1.56 bits per heavy atom. The van der Waals surface area contributed by atoms with Gasteiger partial charge in [0.15, 0.2) is 0 Å². The highest BCUT2D eigenvalue weighted by molar-refractivity contribution is 5.58. The van der Waals surface area contributed by atoms with Gasteiger partial charge in [-0.3, -0.25) is 0 Å². The lowest BCUT2D eigenvalue weighted by molar-refractivity contribution is 0.713. The van der Waals surface area contributed by atoms with Gasteiger partial charge in [-0.1, -0.05) is 41.5 Å². The first-order valence-electron chi connectivity index (χ1n) is 6.94. The van der Waals surface area contributed by atoms with E-state index in [0.717, 1.165) is 5.69 Å². The summed E-state index contributed by atoms with van der Waals surface area (Å²) in [5.74, 6) is 1.51. The Hall–Kier alpha value is -1.31. The fourth-order valence-corrected chi connectivity index (χ4v) is 2.33. The summed E-state index contributed by atoms with van der Waals surface area (Å²) in [6.45, 7) is 13.3. The molecule has 0 bridgehead atoms. The van der Waals surface area contributed by atoms with E-state index in [9.17, 15) is 0 Å². The second-order valence-electron chi connectivity index (χ2n) is 6.04. The van der Waals surface area contributed by atoms with Gasteiger partial charge >= 0.3 is 0 Å². The van der Waals surface area contributed by atoms with Crippen molar-refractivity contribution in [1.29, 1.82) is 0 Å². The third-order valence-electron chi connectivity index (χ3n) is 3.50. The van der Waals surface area contributed by atoms with Crippen molar-refractivity contribution in [1.82, 2.24) is 9.61 Å². The first kappa shape index (κ1) is 13.1. The topological polar surface area (TPSA) is 17.3 Å². The van der Waals surface area contributed by atoms with Gasteiger partial charge in [0.2, 0.25) is 0 Å². The zero-order valence-corrected chi connectivity index (χ0v) is 12.4. The minimum absolute atomic E-state index is 0.472. The van der Waals surface area contributed by atoms with Crippen LogP contribution in [0.3, 0.4) is 0 Å². The van der Waals surface area contributed by atoms with Crippen molar-refractivity contribution >= 4 is 5.52 Å². The summed E-state index contributed by atoms with van der Waals surface area (Å²) in [5.41, 5.74) is 5.14. The molecule has 0 atom stereocenters. The lowest BCUT2D eigenvalue weighted by Crippen LogP contribution is -2.03. The monoisotopic (exact) mass is 244 g/mol. The van der Waals surface area contributed by atoms with Crippen molar-refractivity contribution in [3.05, 3.63) is 35.2 Å². The second kappa shape index (κ2) is 4.75. The maximum Gasteiger partial charge on any atom is 0.0684 e. The predicted octanol–water partition coefficient (Wildman–Crippen LogP) is 4.70. The first-order chi connectivity index (χ1) is 8.41. The van der Waals surface area contributed by atoms with Gasteiger partial charge in [0.25, 0.3) is 0 Å². The molecule has 0 aliphatic carbocycles. The molecule has 0 aromatic carbocycles. The summed E-state index contributed by atoms with van der Waals surface area (Å²) < 4.78 is 2.15. The van der Waals surface area contributed by atoms with Crippen LogP contribution in [-0.2, 0) is 0 Å². The van der Waals surface area contributed by atoms with Crippen LogP contribution in [0, 0.1) is 0 Å². The zero-order valence-electron chi connectivity index (χ0n) is 12.4. The van der Waals surface area contributed by atoms with Crippen molar-refractivity contribution < 1.29 is 0 Å². The summed E-state index contributed by atoms with van der Waals surface area (Å²) in [4.78, 5) is 0. The van der Waals surface area contributed by atoms with Crippen LogP contribution in [0.15, 0.2) is 18.2 Å². The number of hydrogen-bond acceptors (Lipinski definition) is 1. The largest absolute Gasteiger partial charge is 0.237 e. The molecule has 0 N–H and O–H groups in total. The minimum atomic E-state index is 0.472. The lowest BCUT2D eigenvalue weighted by atomic mass is 10.0. The van der Waals surface area contributed by atoms with Gasteiger partial charge in [-0.25, -0.2) is 4.52 Å². The number of rotatable bonds is 3. The highest BCUT2D eigenvalue weighted by Gasteiger charge is 2.15. The summed E-state index contributed by atoms with van der Waals surface area (Å²) >= 11 is 0. The smallest absolute Gasteiger partial charge is 0.0684 e. The van der Waals surface area contributed by atoms with Gasteiger partial charge in [0.05, 0.1) is 11.2 Å². The highest BCUT2D eigenvalue weighted by atomic mass is 15.2. The van der Waals surface area contributed by atoms with Crippen molar-refractivity contribution in [2.75, 3.05) is 0 Å². The average molecular weight is 244 g/mol.